The summed E-state index contributed by atoms with van der Waals surface area (Å²) in [4.78, 5) is 20.3. The van der Waals surface area contributed by atoms with Gasteiger partial charge in [0.25, 0.3) is 5.56 Å². The maximum atomic E-state index is 12.1. The van der Waals surface area contributed by atoms with Gasteiger partial charge in [0.05, 0.1) is 10.7 Å². The van der Waals surface area contributed by atoms with E-state index in [0.717, 1.165) is 11.8 Å². The van der Waals surface area contributed by atoms with Gasteiger partial charge in [-0.2, -0.15) is 9.97 Å². The highest BCUT2D eigenvalue weighted by molar-refractivity contribution is 7.90. The third-order valence-electron chi connectivity index (χ3n) is 4.08. The van der Waals surface area contributed by atoms with E-state index in [2.05, 4.69) is 9.97 Å². The van der Waals surface area contributed by atoms with Crippen LogP contribution >= 0.6 is 11.6 Å². The van der Waals surface area contributed by atoms with E-state index in [1.54, 1.807) is 51.4 Å². The summed E-state index contributed by atoms with van der Waals surface area (Å²) in [5, 5.41) is 0.163. The van der Waals surface area contributed by atoms with Gasteiger partial charge in [-0.15, -0.1) is 0 Å². The zero-order valence-electron chi connectivity index (χ0n) is 15.7. The molecule has 0 aliphatic rings. The van der Waals surface area contributed by atoms with Crippen LogP contribution in [0.3, 0.4) is 0 Å². The van der Waals surface area contributed by atoms with Crippen LogP contribution in [0.15, 0.2) is 46.3 Å². The highest BCUT2D eigenvalue weighted by Gasteiger charge is 2.18. The van der Waals surface area contributed by atoms with E-state index in [9.17, 15) is 13.2 Å². The third kappa shape index (κ3) is 4.07. The Hall–Kier alpha value is -2.71. The SMILES string of the molecule is Cc1cccc(Cl)c1Oc1nc(-c2cc(C)c(=O)n(C)c2)cc(S(C)(=O)=O)n1. The largest absolute Gasteiger partial charge is 0.422 e. The van der Waals surface area contributed by atoms with Gasteiger partial charge in [0.15, 0.2) is 20.6 Å². The van der Waals surface area contributed by atoms with Crippen LogP contribution in [-0.4, -0.2) is 29.2 Å². The topological polar surface area (TPSA) is 91.1 Å². The summed E-state index contributed by atoms with van der Waals surface area (Å²) in [6.07, 6.45) is 2.63. The van der Waals surface area contributed by atoms with Gasteiger partial charge in [-0.25, -0.2) is 8.42 Å². The number of aryl methyl sites for hydroxylation is 3. The molecule has 0 bridgehead atoms. The lowest BCUT2D eigenvalue weighted by molar-refractivity contribution is 0.433. The molecule has 2 aromatic heterocycles. The van der Waals surface area contributed by atoms with E-state index >= 15 is 0 Å². The predicted molar refractivity (Wildman–Crippen MR) is 107 cm³/mol. The van der Waals surface area contributed by atoms with Crippen LogP contribution in [0, 0.1) is 13.8 Å². The van der Waals surface area contributed by atoms with Crippen molar-refractivity contribution in [2.45, 2.75) is 18.9 Å². The number of sulfone groups is 1. The molecule has 0 aliphatic heterocycles. The van der Waals surface area contributed by atoms with Gasteiger partial charge in [-0.1, -0.05) is 23.7 Å². The molecule has 28 heavy (non-hydrogen) atoms. The first-order chi connectivity index (χ1) is 13.1. The second-order valence-corrected chi connectivity index (χ2v) is 8.83. The first kappa shape index (κ1) is 20.0. The maximum Gasteiger partial charge on any atom is 0.323 e. The predicted octanol–water partition coefficient (Wildman–Crippen LogP) is 3.31. The van der Waals surface area contributed by atoms with E-state index in [1.165, 1.54) is 10.6 Å². The fourth-order valence-corrected chi connectivity index (χ4v) is 3.47. The summed E-state index contributed by atoms with van der Waals surface area (Å²) in [5.74, 6) is 0.345. The molecule has 0 radical (unpaired) electrons. The lowest BCUT2D eigenvalue weighted by Gasteiger charge is -2.12. The van der Waals surface area contributed by atoms with Crippen molar-refractivity contribution in [3.8, 4) is 23.0 Å². The third-order valence-corrected chi connectivity index (χ3v) is 5.34. The van der Waals surface area contributed by atoms with E-state index in [1.807, 2.05) is 0 Å². The Kier molecular flexibility index (Phi) is 5.27. The highest BCUT2D eigenvalue weighted by atomic mass is 35.5. The molecule has 1 aromatic carbocycles. The van der Waals surface area contributed by atoms with E-state index in [0.29, 0.717) is 27.6 Å². The lowest BCUT2D eigenvalue weighted by atomic mass is 10.1. The Balaban J connectivity index is 2.20. The highest BCUT2D eigenvalue weighted by Crippen LogP contribution is 2.32. The van der Waals surface area contributed by atoms with E-state index in [4.69, 9.17) is 16.3 Å². The van der Waals surface area contributed by atoms with Gasteiger partial charge >= 0.3 is 6.01 Å². The molecule has 3 aromatic rings. The van der Waals surface area contributed by atoms with Crippen LogP contribution in [0.5, 0.6) is 11.8 Å². The first-order valence-electron chi connectivity index (χ1n) is 8.26. The molecule has 3 rings (SSSR count). The van der Waals surface area contributed by atoms with Crippen molar-refractivity contribution in [3.05, 3.63) is 63.0 Å². The Morgan fingerprint density at radius 3 is 2.43 bits per heavy atom. The average molecular weight is 420 g/mol. The number of halogens is 1. The molecule has 0 atom stereocenters. The first-order valence-corrected chi connectivity index (χ1v) is 10.5. The smallest absolute Gasteiger partial charge is 0.323 e. The second-order valence-electron chi connectivity index (χ2n) is 6.46. The van der Waals surface area contributed by atoms with Crippen molar-refractivity contribution in [2.24, 2.45) is 7.05 Å². The molecule has 9 heteroatoms. The fraction of sp³-hybridized carbons (Fsp3) is 0.211. The van der Waals surface area contributed by atoms with Gasteiger partial charge in [0, 0.05) is 36.7 Å². The zero-order chi connectivity index (χ0) is 20.6. The maximum absolute atomic E-state index is 12.1. The minimum Gasteiger partial charge on any atom is -0.422 e. The Labute approximate surface area is 167 Å². The molecule has 7 nitrogen and oxygen atoms in total. The van der Waals surface area contributed by atoms with E-state index < -0.39 is 9.84 Å². The molecule has 146 valence electrons. The average Bonchev–Trinajstić information content (AvgIpc) is 2.61. The molecule has 0 aliphatic carbocycles. The molecular weight excluding hydrogens is 402 g/mol. The van der Waals surface area contributed by atoms with Crippen LogP contribution in [0.25, 0.3) is 11.3 Å². The Morgan fingerprint density at radius 2 is 1.82 bits per heavy atom. The number of hydrogen-bond acceptors (Lipinski definition) is 6. The Bertz CT molecular complexity index is 1190. The van der Waals surface area contributed by atoms with Gasteiger partial charge in [-0.05, 0) is 31.5 Å². The molecule has 2 heterocycles. The minimum atomic E-state index is -3.63. The van der Waals surface area contributed by atoms with Crippen molar-refractivity contribution in [2.75, 3.05) is 6.26 Å². The van der Waals surface area contributed by atoms with Gasteiger partial charge in [0.2, 0.25) is 0 Å². The summed E-state index contributed by atoms with van der Waals surface area (Å²) < 4.78 is 31.4. The van der Waals surface area contributed by atoms with Crippen LogP contribution in [0.2, 0.25) is 5.02 Å². The van der Waals surface area contributed by atoms with Gasteiger partial charge in [-0.3, -0.25) is 4.79 Å². The van der Waals surface area contributed by atoms with Crippen molar-refractivity contribution >= 4 is 21.4 Å². The van der Waals surface area contributed by atoms with Gasteiger partial charge in [0.1, 0.15) is 0 Å². The molecule has 0 unspecified atom stereocenters. The van der Waals surface area contributed by atoms with Crippen molar-refractivity contribution in [1.82, 2.24) is 14.5 Å². The molecule has 0 N–H and O–H groups in total. The molecule has 0 fully saturated rings. The van der Waals surface area contributed by atoms with Crippen molar-refractivity contribution < 1.29 is 13.2 Å². The number of benzene rings is 1. The quantitative estimate of drug-likeness (QED) is 0.602. The molecule has 0 saturated carbocycles. The number of hydrogen-bond donors (Lipinski definition) is 0. The standard InChI is InChI=1S/C19H18ClN3O4S/c1-11-6-5-7-14(20)17(11)27-19-21-15(9-16(22-19)28(4,25)26)13-8-12(2)18(24)23(3)10-13/h5-10H,1-4H3. The number of rotatable bonds is 4. The lowest BCUT2D eigenvalue weighted by Crippen LogP contribution is -2.18. The second kappa shape index (κ2) is 7.37. The van der Waals surface area contributed by atoms with Gasteiger partial charge < -0.3 is 9.30 Å². The molecule has 0 spiro atoms. The normalized spacial score (nSPS) is 11.5. The van der Waals surface area contributed by atoms with Crippen LogP contribution < -0.4 is 10.3 Å². The monoisotopic (exact) mass is 419 g/mol. The number of nitrogens with zero attached hydrogens (tertiary/aromatic N) is 3. The van der Waals surface area contributed by atoms with E-state index in [-0.39, 0.29) is 16.6 Å². The number of ether oxygens (including phenoxy) is 1. The zero-order valence-corrected chi connectivity index (χ0v) is 17.3. The van der Waals surface area contributed by atoms with Crippen LogP contribution in [0.1, 0.15) is 11.1 Å². The minimum absolute atomic E-state index is 0.149. The Morgan fingerprint density at radius 1 is 1.11 bits per heavy atom. The van der Waals surface area contributed by atoms with Crippen LogP contribution in [-0.2, 0) is 16.9 Å². The summed E-state index contributed by atoms with van der Waals surface area (Å²) in [5.41, 5.74) is 1.98. The summed E-state index contributed by atoms with van der Waals surface area (Å²) in [6, 6.07) is 8.07. The molecular formula is C19H18ClN3O4S. The summed E-state index contributed by atoms with van der Waals surface area (Å²) in [6.45, 7) is 3.48. The van der Waals surface area contributed by atoms with Crippen molar-refractivity contribution in [3.63, 3.8) is 0 Å². The van der Waals surface area contributed by atoms with Crippen molar-refractivity contribution in [1.29, 1.82) is 0 Å². The number of para-hydroxylation sites is 1. The number of aromatic nitrogens is 3. The summed E-state index contributed by atoms with van der Waals surface area (Å²) in [7, 11) is -2.02. The fourth-order valence-electron chi connectivity index (χ4n) is 2.64. The van der Waals surface area contributed by atoms with Crippen LogP contribution in [0.4, 0.5) is 0 Å². The molecule has 0 amide bonds. The number of pyridine rings is 1. The summed E-state index contributed by atoms with van der Waals surface area (Å²) >= 11 is 6.19. The molecule has 0 saturated heterocycles.